The van der Waals surface area contributed by atoms with Gasteiger partial charge in [0.1, 0.15) is 23.5 Å². The zero-order valence-electron chi connectivity index (χ0n) is 16.1. The SMILES string of the molecule is Nc1ncc2nc(-c3ccc(NS(=O)(=O)Cc4ccccc4)c(F)c3)cc(CF)c2n1. The van der Waals surface area contributed by atoms with Crippen molar-refractivity contribution in [3.63, 3.8) is 0 Å². The molecule has 2 heterocycles. The summed E-state index contributed by atoms with van der Waals surface area (Å²) < 4.78 is 55.2. The highest BCUT2D eigenvalue weighted by atomic mass is 32.2. The van der Waals surface area contributed by atoms with Gasteiger partial charge < -0.3 is 5.73 Å². The largest absolute Gasteiger partial charge is 0.368 e. The van der Waals surface area contributed by atoms with Gasteiger partial charge in [0.15, 0.2) is 0 Å². The smallest absolute Gasteiger partial charge is 0.237 e. The highest BCUT2D eigenvalue weighted by Gasteiger charge is 2.16. The fraction of sp³-hybridized carbons (Fsp3) is 0.0952. The summed E-state index contributed by atoms with van der Waals surface area (Å²) in [6, 6.07) is 13.9. The molecule has 7 nitrogen and oxygen atoms in total. The minimum atomic E-state index is -3.81. The van der Waals surface area contributed by atoms with Gasteiger partial charge in [-0.25, -0.2) is 32.2 Å². The number of hydrogen-bond donors (Lipinski definition) is 2. The topological polar surface area (TPSA) is 111 Å². The van der Waals surface area contributed by atoms with Crippen LogP contribution in [0.2, 0.25) is 0 Å². The van der Waals surface area contributed by atoms with Crippen LogP contribution >= 0.6 is 0 Å². The number of alkyl halides is 1. The van der Waals surface area contributed by atoms with Crippen molar-refractivity contribution < 1.29 is 17.2 Å². The third kappa shape index (κ3) is 4.58. The van der Waals surface area contributed by atoms with Crippen LogP contribution in [0.4, 0.5) is 20.4 Å². The molecule has 0 aliphatic heterocycles. The van der Waals surface area contributed by atoms with E-state index < -0.39 is 22.5 Å². The van der Waals surface area contributed by atoms with Gasteiger partial charge in [-0.3, -0.25) is 4.72 Å². The second-order valence-corrected chi connectivity index (χ2v) is 8.53. The molecule has 158 valence electrons. The molecular weight excluding hydrogens is 424 g/mol. The molecule has 2 aromatic carbocycles. The Labute approximate surface area is 177 Å². The maximum atomic E-state index is 14.7. The fourth-order valence-corrected chi connectivity index (χ4v) is 4.31. The maximum Gasteiger partial charge on any atom is 0.237 e. The maximum absolute atomic E-state index is 14.7. The van der Waals surface area contributed by atoms with Crippen LogP contribution in [0, 0.1) is 5.82 Å². The van der Waals surface area contributed by atoms with Gasteiger partial charge in [-0.2, -0.15) is 0 Å². The van der Waals surface area contributed by atoms with Crippen LogP contribution in [-0.2, 0) is 22.5 Å². The molecule has 2 aromatic heterocycles. The first-order chi connectivity index (χ1) is 14.8. The van der Waals surface area contributed by atoms with E-state index in [1.54, 1.807) is 30.3 Å². The molecule has 0 atom stereocenters. The molecule has 0 saturated heterocycles. The summed E-state index contributed by atoms with van der Waals surface area (Å²) in [4.78, 5) is 12.2. The zero-order chi connectivity index (χ0) is 22.0. The molecule has 0 bridgehead atoms. The highest BCUT2D eigenvalue weighted by molar-refractivity contribution is 7.91. The first kappa shape index (κ1) is 20.6. The quantitative estimate of drug-likeness (QED) is 0.471. The minimum absolute atomic E-state index is 0.00469. The number of nitrogen functional groups attached to an aromatic ring is 1. The van der Waals surface area contributed by atoms with Gasteiger partial charge in [0.25, 0.3) is 0 Å². The van der Waals surface area contributed by atoms with Gasteiger partial charge in [-0.05, 0) is 23.8 Å². The van der Waals surface area contributed by atoms with E-state index in [1.165, 1.54) is 24.4 Å². The summed E-state index contributed by atoms with van der Waals surface area (Å²) in [6.07, 6.45) is 1.36. The number of pyridine rings is 1. The normalized spacial score (nSPS) is 11.5. The predicted molar refractivity (Wildman–Crippen MR) is 115 cm³/mol. The van der Waals surface area contributed by atoms with E-state index in [2.05, 4.69) is 19.7 Å². The lowest BCUT2D eigenvalue weighted by Crippen LogP contribution is -2.16. The Balaban J connectivity index is 1.64. The zero-order valence-corrected chi connectivity index (χ0v) is 16.9. The molecule has 0 saturated carbocycles. The molecule has 31 heavy (non-hydrogen) atoms. The molecule has 0 spiro atoms. The first-order valence-corrected chi connectivity index (χ1v) is 10.8. The van der Waals surface area contributed by atoms with Gasteiger partial charge >= 0.3 is 0 Å². The summed E-state index contributed by atoms with van der Waals surface area (Å²) >= 11 is 0. The number of halogens is 2. The Kier molecular flexibility index (Phi) is 5.47. The number of benzene rings is 2. The number of nitrogens with zero attached hydrogens (tertiary/aromatic N) is 3. The summed E-state index contributed by atoms with van der Waals surface area (Å²) in [6.45, 7) is -0.817. The van der Waals surface area contributed by atoms with E-state index in [0.29, 0.717) is 22.3 Å². The number of rotatable bonds is 6. The molecule has 4 aromatic rings. The summed E-state index contributed by atoms with van der Waals surface area (Å²) in [5.41, 5.74) is 7.41. The highest BCUT2D eigenvalue weighted by Crippen LogP contribution is 2.28. The molecule has 10 heteroatoms. The van der Waals surface area contributed by atoms with Crippen molar-refractivity contribution in [3.8, 4) is 11.3 Å². The monoisotopic (exact) mass is 441 g/mol. The van der Waals surface area contributed by atoms with Crippen LogP contribution in [0.3, 0.4) is 0 Å². The molecule has 4 rings (SSSR count). The second kappa shape index (κ2) is 8.23. The fourth-order valence-electron chi connectivity index (χ4n) is 3.11. The third-order valence-corrected chi connectivity index (χ3v) is 5.76. The number of aromatic nitrogens is 3. The van der Waals surface area contributed by atoms with E-state index in [9.17, 15) is 17.2 Å². The average Bonchev–Trinajstić information content (AvgIpc) is 2.74. The standard InChI is InChI=1S/C21H17F2N5O2S/c22-10-15-9-18(26-19-11-25-21(24)27-20(15)19)14-6-7-17(16(23)8-14)28-31(29,30)12-13-4-2-1-3-5-13/h1-9,11,28H,10,12H2,(H2,24,25,27). The number of hydrogen-bond acceptors (Lipinski definition) is 6. The Morgan fingerprint density at radius 1 is 1.03 bits per heavy atom. The minimum Gasteiger partial charge on any atom is -0.368 e. The Morgan fingerprint density at radius 2 is 1.81 bits per heavy atom. The Hall–Kier alpha value is -3.66. The van der Waals surface area contributed by atoms with Crippen LogP contribution in [0.1, 0.15) is 11.1 Å². The van der Waals surface area contributed by atoms with Crippen molar-refractivity contribution in [2.24, 2.45) is 0 Å². The van der Waals surface area contributed by atoms with Gasteiger partial charge in [-0.15, -0.1) is 0 Å². The second-order valence-electron chi connectivity index (χ2n) is 6.80. The Morgan fingerprint density at radius 3 is 2.52 bits per heavy atom. The third-order valence-electron chi connectivity index (χ3n) is 4.52. The van der Waals surface area contributed by atoms with E-state index in [4.69, 9.17) is 5.73 Å². The van der Waals surface area contributed by atoms with Gasteiger partial charge in [0.05, 0.1) is 23.3 Å². The summed E-state index contributed by atoms with van der Waals surface area (Å²) in [7, 11) is -3.81. The van der Waals surface area contributed by atoms with Crippen molar-refractivity contribution in [1.29, 1.82) is 0 Å². The van der Waals surface area contributed by atoms with Crippen LogP contribution in [0.15, 0.2) is 60.8 Å². The van der Waals surface area contributed by atoms with Crippen molar-refractivity contribution in [2.75, 3.05) is 10.5 Å². The molecule has 0 aliphatic carbocycles. The van der Waals surface area contributed by atoms with Crippen molar-refractivity contribution >= 4 is 32.7 Å². The number of nitrogens with two attached hydrogens (primary N) is 1. The van der Waals surface area contributed by atoms with Gasteiger partial charge in [0, 0.05) is 11.1 Å². The van der Waals surface area contributed by atoms with E-state index in [-0.39, 0.29) is 28.5 Å². The van der Waals surface area contributed by atoms with Crippen molar-refractivity contribution in [3.05, 3.63) is 77.7 Å². The first-order valence-electron chi connectivity index (χ1n) is 9.17. The summed E-state index contributed by atoms with van der Waals surface area (Å²) in [5, 5.41) is 0. The molecule has 0 unspecified atom stereocenters. The number of sulfonamides is 1. The number of fused-ring (bicyclic) bond motifs is 1. The van der Waals surface area contributed by atoms with Crippen molar-refractivity contribution in [1.82, 2.24) is 15.0 Å². The van der Waals surface area contributed by atoms with E-state index in [0.717, 1.165) is 6.07 Å². The van der Waals surface area contributed by atoms with Gasteiger partial charge in [0.2, 0.25) is 16.0 Å². The molecule has 0 amide bonds. The van der Waals surface area contributed by atoms with E-state index in [1.807, 2.05) is 0 Å². The molecule has 3 N–H and O–H groups in total. The molecule has 0 radical (unpaired) electrons. The van der Waals surface area contributed by atoms with Gasteiger partial charge in [-0.1, -0.05) is 36.4 Å². The van der Waals surface area contributed by atoms with E-state index >= 15 is 0 Å². The van der Waals surface area contributed by atoms with Crippen molar-refractivity contribution in [2.45, 2.75) is 12.4 Å². The Bertz CT molecular complexity index is 1370. The lowest BCUT2D eigenvalue weighted by Gasteiger charge is -2.11. The van der Waals surface area contributed by atoms with Crippen LogP contribution in [-0.4, -0.2) is 23.4 Å². The predicted octanol–water partition coefficient (Wildman–Crippen LogP) is 3.82. The molecule has 0 fully saturated rings. The van der Waals surface area contributed by atoms with Crippen LogP contribution in [0.25, 0.3) is 22.3 Å². The number of anilines is 2. The lowest BCUT2D eigenvalue weighted by molar-refractivity contribution is 0.487. The summed E-state index contributed by atoms with van der Waals surface area (Å²) in [5.74, 6) is -1.08. The van der Waals surface area contributed by atoms with Crippen LogP contribution in [0.5, 0.6) is 0 Å². The number of nitrogens with one attached hydrogen (secondary N) is 1. The average molecular weight is 441 g/mol. The lowest BCUT2D eigenvalue weighted by atomic mass is 10.1. The van der Waals surface area contributed by atoms with Crippen LogP contribution < -0.4 is 10.5 Å². The molecular formula is C21H17F2N5O2S. The molecule has 0 aliphatic rings.